The number of amides is 1. The van der Waals surface area contributed by atoms with Crippen LogP contribution in [0.15, 0.2) is 24.4 Å². The second-order valence-electron chi connectivity index (χ2n) is 5.82. The minimum atomic E-state index is -0.282. The molecule has 7 heteroatoms. The molecule has 0 unspecified atom stereocenters. The lowest BCUT2D eigenvalue weighted by molar-refractivity contribution is 0.0939. The fourth-order valence-corrected chi connectivity index (χ4v) is 2.41. The number of nitrogens with zero attached hydrogens (tertiary/aromatic N) is 3. The summed E-state index contributed by atoms with van der Waals surface area (Å²) < 4.78 is 11.0. The minimum absolute atomic E-state index is 0.0147. The van der Waals surface area contributed by atoms with Crippen LogP contribution in [0.1, 0.15) is 41.2 Å². The highest BCUT2D eigenvalue weighted by Gasteiger charge is 2.16. The van der Waals surface area contributed by atoms with E-state index in [9.17, 15) is 4.79 Å². The molecule has 1 aliphatic rings. The fourth-order valence-electron chi connectivity index (χ4n) is 2.41. The zero-order valence-corrected chi connectivity index (χ0v) is 13.8. The maximum Gasteiger partial charge on any atom is 0.272 e. The molecule has 2 aromatic heterocycles. The maximum absolute atomic E-state index is 12.3. The molecule has 3 rings (SSSR count). The molecule has 24 heavy (non-hydrogen) atoms. The minimum Gasteiger partial charge on any atom is -0.475 e. The van der Waals surface area contributed by atoms with Crippen LogP contribution in [0.2, 0.25) is 0 Å². The van der Waals surface area contributed by atoms with Gasteiger partial charge < -0.3 is 14.8 Å². The van der Waals surface area contributed by atoms with Crippen LogP contribution in [0.3, 0.4) is 0 Å². The number of rotatable bonds is 5. The molecule has 0 saturated heterocycles. The van der Waals surface area contributed by atoms with Gasteiger partial charge in [0.15, 0.2) is 5.69 Å². The third-order valence-electron chi connectivity index (χ3n) is 3.57. The third-order valence-corrected chi connectivity index (χ3v) is 3.57. The Morgan fingerprint density at radius 1 is 1.42 bits per heavy atom. The van der Waals surface area contributed by atoms with Gasteiger partial charge in [0.25, 0.3) is 5.91 Å². The van der Waals surface area contributed by atoms with E-state index in [0.717, 1.165) is 23.2 Å². The van der Waals surface area contributed by atoms with Gasteiger partial charge in [0.2, 0.25) is 5.88 Å². The van der Waals surface area contributed by atoms with Crippen LogP contribution in [-0.4, -0.2) is 33.8 Å². The summed E-state index contributed by atoms with van der Waals surface area (Å²) >= 11 is 0. The molecule has 0 bridgehead atoms. The Labute approximate surface area is 140 Å². The molecular formula is C17H20N4O3. The van der Waals surface area contributed by atoms with E-state index >= 15 is 0 Å². The number of aromatic nitrogens is 3. The molecule has 126 valence electrons. The zero-order chi connectivity index (χ0) is 16.9. The van der Waals surface area contributed by atoms with Crippen molar-refractivity contribution in [1.82, 2.24) is 20.5 Å². The van der Waals surface area contributed by atoms with Crippen molar-refractivity contribution in [3.63, 3.8) is 0 Å². The molecule has 7 nitrogen and oxygen atoms in total. The highest BCUT2D eigenvalue weighted by molar-refractivity contribution is 5.92. The number of nitrogens with one attached hydrogen (secondary N) is 1. The lowest BCUT2D eigenvalue weighted by Gasteiger charge is -2.15. The van der Waals surface area contributed by atoms with Gasteiger partial charge in [0.05, 0.1) is 25.0 Å². The summed E-state index contributed by atoms with van der Waals surface area (Å²) in [5.41, 5.74) is 2.92. The molecule has 1 aliphatic heterocycles. The standard InChI is InChI=1S/C17H20N4O3/c1-11(2)24-17-12(4-3-6-18-17)9-19-16(22)15-8-13-10-23-7-5-14(13)20-21-15/h3-4,6,8,11H,5,7,9-10H2,1-2H3,(H,19,22). The predicted molar refractivity (Wildman–Crippen MR) is 86.6 cm³/mol. The van der Waals surface area contributed by atoms with Gasteiger partial charge in [-0.1, -0.05) is 6.07 Å². The maximum atomic E-state index is 12.3. The van der Waals surface area contributed by atoms with Crippen molar-refractivity contribution in [1.29, 1.82) is 0 Å². The molecule has 0 radical (unpaired) electrons. The van der Waals surface area contributed by atoms with Crippen LogP contribution in [0.25, 0.3) is 0 Å². The topological polar surface area (TPSA) is 86.2 Å². The van der Waals surface area contributed by atoms with Crippen LogP contribution < -0.4 is 10.1 Å². The van der Waals surface area contributed by atoms with Crippen molar-refractivity contribution in [2.75, 3.05) is 6.61 Å². The van der Waals surface area contributed by atoms with E-state index in [2.05, 4.69) is 20.5 Å². The van der Waals surface area contributed by atoms with Gasteiger partial charge in [-0.3, -0.25) is 4.79 Å². The predicted octanol–water partition coefficient (Wildman–Crippen LogP) is 1.66. The van der Waals surface area contributed by atoms with E-state index < -0.39 is 0 Å². The fraction of sp³-hybridized carbons (Fsp3) is 0.412. The number of pyridine rings is 1. The summed E-state index contributed by atoms with van der Waals surface area (Å²) in [6, 6.07) is 5.42. The molecule has 0 spiro atoms. The van der Waals surface area contributed by atoms with E-state index in [1.165, 1.54) is 0 Å². The van der Waals surface area contributed by atoms with E-state index in [-0.39, 0.29) is 17.7 Å². The van der Waals surface area contributed by atoms with Crippen molar-refractivity contribution in [2.45, 2.75) is 39.5 Å². The third kappa shape index (κ3) is 3.86. The van der Waals surface area contributed by atoms with E-state index in [0.29, 0.717) is 25.6 Å². The van der Waals surface area contributed by atoms with Crippen molar-refractivity contribution in [3.05, 3.63) is 46.9 Å². The van der Waals surface area contributed by atoms with E-state index in [1.807, 2.05) is 26.0 Å². The van der Waals surface area contributed by atoms with Gasteiger partial charge in [-0.05, 0) is 26.0 Å². The second kappa shape index (κ2) is 7.35. The van der Waals surface area contributed by atoms with Crippen LogP contribution in [0, 0.1) is 0 Å². The Morgan fingerprint density at radius 2 is 2.29 bits per heavy atom. The molecule has 2 aromatic rings. The lowest BCUT2D eigenvalue weighted by Crippen LogP contribution is -2.26. The second-order valence-corrected chi connectivity index (χ2v) is 5.82. The number of fused-ring (bicyclic) bond motifs is 1. The van der Waals surface area contributed by atoms with Crippen LogP contribution >= 0.6 is 0 Å². The smallest absolute Gasteiger partial charge is 0.272 e. The normalized spacial score (nSPS) is 13.5. The van der Waals surface area contributed by atoms with Gasteiger partial charge in [-0.25, -0.2) is 4.98 Å². The Kier molecular flexibility index (Phi) is 5.00. The van der Waals surface area contributed by atoms with Crippen molar-refractivity contribution in [3.8, 4) is 5.88 Å². The van der Waals surface area contributed by atoms with E-state index in [4.69, 9.17) is 9.47 Å². The van der Waals surface area contributed by atoms with Crippen LogP contribution in [-0.2, 0) is 24.3 Å². The first-order chi connectivity index (χ1) is 11.6. The van der Waals surface area contributed by atoms with Crippen LogP contribution in [0.5, 0.6) is 5.88 Å². The van der Waals surface area contributed by atoms with Gasteiger partial charge in [0, 0.05) is 30.3 Å². The average molecular weight is 328 g/mol. The molecule has 0 aromatic carbocycles. The summed E-state index contributed by atoms with van der Waals surface area (Å²) in [5.74, 6) is 0.243. The largest absolute Gasteiger partial charge is 0.475 e. The molecule has 0 fully saturated rings. The summed E-state index contributed by atoms with van der Waals surface area (Å²) in [6.07, 6.45) is 2.41. The first kappa shape index (κ1) is 16.3. The Hall–Kier alpha value is -2.54. The Morgan fingerprint density at radius 3 is 3.12 bits per heavy atom. The van der Waals surface area contributed by atoms with Gasteiger partial charge in [-0.2, -0.15) is 5.10 Å². The number of ether oxygens (including phenoxy) is 2. The summed E-state index contributed by atoms with van der Waals surface area (Å²) in [4.78, 5) is 16.5. The molecular weight excluding hydrogens is 308 g/mol. The summed E-state index contributed by atoms with van der Waals surface area (Å²) in [6.45, 7) is 5.29. The lowest BCUT2D eigenvalue weighted by atomic mass is 10.1. The molecule has 1 N–H and O–H groups in total. The van der Waals surface area contributed by atoms with Gasteiger partial charge in [0.1, 0.15) is 0 Å². The van der Waals surface area contributed by atoms with E-state index in [1.54, 1.807) is 12.3 Å². The average Bonchev–Trinajstić information content (AvgIpc) is 2.60. The van der Waals surface area contributed by atoms with Gasteiger partial charge in [-0.15, -0.1) is 5.10 Å². The SMILES string of the molecule is CC(C)Oc1ncccc1CNC(=O)c1cc2c(nn1)CCOC2. The highest BCUT2D eigenvalue weighted by Crippen LogP contribution is 2.17. The quantitative estimate of drug-likeness (QED) is 0.898. The molecule has 1 amide bonds. The van der Waals surface area contributed by atoms with Crippen LogP contribution in [0.4, 0.5) is 0 Å². The highest BCUT2D eigenvalue weighted by atomic mass is 16.5. The number of hydrogen-bond donors (Lipinski definition) is 1. The van der Waals surface area contributed by atoms with Crippen molar-refractivity contribution < 1.29 is 14.3 Å². The van der Waals surface area contributed by atoms with Crippen molar-refractivity contribution >= 4 is 5.91 Å². The van der Waals surface area contributed by atoms with Crippen molar-refractivity contribution in [2.24, 2.45) is 0 Å². The zero-order valence-electron chi connectivity index (χ0n) is 13.8. The monoisotopic (exact) mass is 328 g/mol. The number of carbonyl (C=O) groups is 1. The number of hydrogen-bond acceptors (Lipinski definition) is 6. The molecule has 0 aliphatic carbocycles. The molecule has 0 saturated carbocycles. The first-order valence-corrected chi connectivity index (χ1v) is 7.95. The Bertz CT molecular complexity index is 734. The molecule has 0 atom stereocenters. The Balaban J connectivity index is 1.68. The summed E-state index contributed by atoms with van der Waals surface area (Å²) in [5, 5.41) is 11.0. The van der Waals surface area contributed by atoms with Gasteiger partial charge >= 0.3 is 0 Å². The number of carbonyl (C=O) groups excluding carboxylic acids is 1. The first-order valence-electron chi connectivity index (χ1n) is 7.95. The molecule has 3 heterocycles. The summed E-state index contributed by atoms with van der Waals surface area (Å²) in [7, 11) is 0.